The fourth-order valence-electron chi connectivity index (χ4n) is 4.77. The fraction of sp³-hybridized carbons (Fsp3) is 0.355. The number of nitrogens with zero attached hydrogens (tertiary/aromatic N) is 4. The number of phosphoric ester groups is 1. The summed E-state index contributed by atoms with van der Waals surface area (Å²) in [6.45, 7) is 1.26. The third kappa shape index (κ3) is 13.3. The van der Waals surface area contributed by atoms with E-state index in [1.807, 2.05) is 6.07 Å². The number of hydrogen-bond donors (Lipinski definition) is 0. The molecule has 1 saturated heterocycles. The second kappa shape index (κ2) is 21.0. The van der Waals surface area contributed by atoms with Gasteiger partial charge < -0.3 is 33.1 Å². The van der Waals surface area contributed by atoms with E-state index in [1.165, 1.54) is 53.4 Å². The van der Waals surface area contributed by atoms with E-state index >= 15 is 4.39 Å². The van der Waals surface area contributed by atoms with Crippen molar-refractivity contribution in [1.82, 2.24) is 14.8 Å². The smallest absolute Gasteiger partial charge is 0.790 e. The Morgan fingerprint density at radius 3 is 2.54 bits per heavy atom. The van der Waals surface area contributed by atoms with Crippen molar-refractivity contribution in [3.05, 3.63) is 101 Å². The van der Waals surface area contributed by atoms with E-state index in [0.717, 1.165) is 12.1 Å². The van der Waals surface area contributed by atoms with Crippen LogP contribution >= 0.6 is 19.6 Å². The third-order valence-electron chi connectivity index (χ3n) is 7.05. The van der Waals surface area contributed by atoms with Gasteiger partial charge in [-0.15, -0.1) is 11.8 Å². The molecule has 0 spiro atoms. The number of phosphoric acid groups is 1. The van der Waals surface area contributed by atoms with Crippen LogP contribution in [0.4, 0.5) is 13.2 Å². The first-order valence-electron chi connectivity index (χ1n) is 14.5. The second-order valence-electron chi connectivity index (χ2n) is 10.5. The first kappa shape index (κ1) is 44.4. The number of halogens is 3. The molecule has 1 fully saturated rings. The Labute approximate surface area is 335 Å². The van der Waals surface area contributed by atoms with E-state index < -0.39 is 55.0 Å². The first-order chi connectivity index (χ1) is 22.9. The van der Waals surface area contributed by atoms with Gasteiger partial charge in [-0.05, 0) is 43.7 Å². The number of ether oxygens (including phenoxy) is 3. The quantitative estimate of drug-likeness (QED) is 0.0539. The number of aromatic nitrogens is 3. The number of benzene rings is 2. The van der Waals surface area contributed by atoms with E-state index in [4.69, 9.17) is 19.5 Å². The minimum absolute atomic E-state index is 0. The molecule has 2 atom stereocenters. The van der Waals surface area contributed by atoms with Crippen LogP contribution in [-0.4, -0.2) is 57.3 Å². The van der Waals surface area contributed by atoms with Gasteiger partial charge in [0.2, 0.25) is 0 Å². The van der Waals surface area contributed by atoms with Gasteiger partial charge in [0.15, 0.2) is 11.9 Å². The molecule has 3 aromatic rings. The van der Waals surface area contributed by atoms with Gasteiger partial charge in [0.25, 0.3) is 0 Å². The average Bonchev–Trinajstić information content (AvgIpc) is 3.55. The maximum absolute atomic E-state index is 15.5. The Morgan fingerprint density at radius 1 is 1.18 bits per heavy atom. The molecule has 2 heterocycles. The number of carbonyl (C=O) groups excluding carboxylic acids is 1. The van der Waals surface area contributed by atoms with Crippen LogP contribution in [0.2, 0.25) is 0 Å². The van der Waals surface area contributed by atoms with Crippen molar-refractivity contribution in [2.45, 2.75) is 48.7 Å². The van der Waals surface area contributed by atoms with Gasteiger partial charge in [0.05, 0.1) is 51.1 Å². The summed E-state index contributed by atoms with van der Waals surface area (Å²) >= 11 is 1.27. The molecule has 12 nitrogen and oxygen atoms in total. The van der Waals surface area contributed by atoms with E-state index in [2.05, 4.69) is 14.6 Å². The van der Waals surface area contributed by atoms with Gasteiger partial charge in [-0.1, -0.05) is 24.3 Å². The van der Waals surface area contributed by atoms with E-state index in [9.17, 15) is 27.9 Å². The Morgan fingerprint density at radius 2 is 1.92 bits per heavy atom. The van der Waals surface area contributed by atoms with Crippen LogP contribution in [0.5, 0.6) is 0 Å². The predicted octanol–water partition coefficient (Wildman–Crippen LogP) is -2.23. The summed E-state index contributed by atoms with van der Waals surface area (Å²) in [5.74, 6) is -3.23. The van der Waals surface area contributed by atoms with Crippen LogP contribution in [0.3, 0.4) is 0 Å². The zero-order valence-electron chi connectivity index (χ0n) is 27.4. The molecule has 4 rings (SSSR count). The minimum Gasteiger partial charge on any atom is -0.790 e. The first-order valence-corrected chi connectivity index (χ1v) is 16.9. The van der Waals surface area contributed by atoms with Gasteiger partial charge in [-0.25, -0.2) is 22.8 Å². The predicted molar refractivity (Wildman–Crippen MR) is 163 cm³/mol. The second-order valence-corrected chi connectivity index (χ2v) is 13.3. The molecule has 2 aromatic carbocycles. The van der Waals surface area contributed by atoms with Crippen molar-refractivity contribution >= 4 is 31.6 Å². The summed E-state index contributed by atoms with van der Waals surface area (Å²) in [5, 5.41) is 11.9. The largest absolute Gasteiger partial charge is 1.00 e. The molecule has 0 bridgehead atoms. The minimum atomic E-state index is -5.24. The van der Waals surface area contributed by atoms with E-state index in [0.29, 0.717) is 11.6 Å². The van der Waals surface area contributed by atoms with Gasteiger partial charge in [-0.3, -0.25) is 4.79 Å². The maximum Gasteiger partial charge on any atom is 1.00 e. The molecule has 0 saturated carbocycles. The summed E-state index contributed by atoms with van der Waals surface area (Å²) in [5.41, 5.74) is -1.42. The van der Waals surface area contributed by atoms with Gasteiger partial charge in [0, 0.05) is 28.9 Å². The van der Waals surface area contributed by atoms with Crippen molar-refractivity contribution in [3.63, 3.8) is 0 Å². The Balaban J connectivity index is 0.00000433. The molecule has 0 radical (unpaired) electrons. The van der Waals surface area contributed by atoms with Crippen LogP contribution in [0, 0.1) is 28.8 Å². The molecule has 0 N–H and O–H groups in total. The molecule has 0 unspecified atom stereocenters. The van der Waals surface area contributed by atoms with Crippen molar-refractivity contribution < 1.29 is 110 Å². The molecule has 0 amide bonds. The van der Waals surface area contributed by atoms with Crippen molar-refractivity contribution in [2.24, 2.45) is 0 Å². The zero-order valence-corrected chi connectivity index (χ0v) is 33.2. The molecule has 256 valence electrons. The summed E-state index contributed by atoms with van der Waals surface area (Å²) in [4.78, 5) is 38.6. The number of nitriles is 1. The van der Waals surface area contributed by atoms with Crippen LogP contribution in [0.1, 0.15) is 36.5 Å². The van der Waals surface area contributed by atoms with Crippen molar-refractivity contribution in [2.75, 3.05) is 19.8 Å². The number of carbonyl (C=O) groups is 1. The van der Waals surface area contributed by atoms with Crippen LogP contribution < -0.4 is 68.9 Å². The van der Waals surface area contributed by atoms with Crippen LogP contribution in [0.15, 0.2) is 67.3 Å². The van der Waals surface area contributed by atoms with Crippen molar-refractivity contribution in [1.29, 1.82) is 5.26 Å². The third-order valence-corrected chi connectivity index (χ3v) is 9.00. The summed E-state index contributed by atoms with van der Waals surface area (Å²) in [6, 6.07) is 8.87. The van der Waals surface area contributed by atoms with Gasteiger partial charge in [0.1, 0.15) is 30.1 Å². The van der Waals surface area contributed by atoms with E-state index in [1.54, 1.807) is 25.2 Å². The van der Waals surface area contributed by atoms with Crippen molar-refractivity contribution in [3.8, 4) is 6.07 Å². The molecule has 0 aliphatic carbocycles. The Kier molecular flexibility index (Phi) is 18.7. The molecule has 1 aromatic heterocycles. The molecule has 1 aliphatic heterocycles. The Hall–Kier alpha value is -1.81. The summed E-state index contributed by atoms with van der Waals surface area (Å²) < 4.78 is 77.4. The van der Waals surface area contributed by atoms with Crippen LogP contribution in [0.25, 0.3) is 6.08 Å². The molecule has 50 heavy (non-hydrogen) atoms. The SMILES string of the molecule is C[C@@H](S[C@H]1CO[C@H](/C=C/C=C/c2ccc(C#N)cc2F)OC1)[C@@](Cn1cncn1)(OC(=O)CCCOP(=O)([O-])[O-])c1ccc(F)cc1F.[Na+].[Na+]. The number of esters is 1. The zero-order chi connectivity index (χ0) is 34.7. The summed E-state index contributed by atoms with van der Waals surface area (Å²) in [6.07, 6.45) is 7.65. The molecule has 1 aliphatic rings. The monoisotopic (exact) mass is 752 g/mol. The average molecular weight is 753 g/mol. The topological polar surface area (TPSA) is 172 Å². The molecular formula is C31H30F3N4Na2O8PS. The number of thioether (sulfide) groups is 1. The maximum atomic E-state index is 15.5. The Bertz CT molecular complexity index is 1710. The standard InChI is InChI=1S/C31H32F3N4O8PS.2Na/c1-21(48-25-16-43-30(44-17-25)7-3-2-5-23-9-8-22(15-35)13-27(23)33)31(18-38-20-36-19-37-38,26-11-10-24(32)14-28(26)34)46-29(39)6-4-12-45-47(40,41)42;;/h2-3,5,7-11,13-14,19-21,25,30H,4,6,12,16-18H2,1H3,(H2,40,41,42);;/q;2*+1/p-2/b5-2+,7-3+;;/t21-,25-,30-,31-;;/m1../s1. The summed E-state index contributed by atoms with van der Waals surface area (Å²) in [7, 11) is -5.24. The number of hydrogen-bond acceptors (Lipinski definition) is 12. The fourth-order valence-corrected chi connectivity index (χ4v) is 6.49. The number of rotatable bonds is 15. The van der Waals surface area contributed by atoms with Crippen LogP contribution in [-0.2, 0) is 40.2 Å². The van der Waals surface area contributed by atoms with E-state index in [-0.39, 0.29) is 108 Å². The molecular weight excluding hydrogens is 722 g/mol. The molecule has 19 heteroatoms. The number of allylic oxidation sites excluding steroid dienone is 2. The van der Waals surface area contributed by atoms with Gasteiger partial charge in [-0.2, -0.15) is 10.4 Å². The van der Waals surface area contributed by atoms with Gasteiger partial charge >= 0.3 is 65.1 Å². The normalized spacial score (nSPS) is 18.1.